The standard InChI is InChI=1S/C9H17NO2S/c10-3-1-8-5-11-9(12-8)7-2-4-13-6-7/h7-9H,1-6,10H2. The molecular weight excluding hydrogens is 186 g/mol. The van der Waals surface area contributed by atoms with Gasteiger partial charge in [-0.25, -0.2) is 0 Å². The fourth-order valence-electron chi connectivity index (χ4n) is 1.82. The minimum Gasteiger partial charge on any atom is -0.350 e. The monoisotopic (exact) mass is 203 g/mol. The Labute approximate surface area is 83.3 Å². The first-order chi connectivity index (χ1) is 6.40. The zero-order valence-corrected chi connectivity index (χ0v) is 8.59. The van der Waals surface area contributed by atoms with E-state index in [2.05, 4.69) is 0 Å². The summed E-state index contributed by atoms with van der Waals surface area (Å²) in [4.78, 5) is 0. The molecule has 2 aliphatic rings. The Bertz CT molecular complexity index is 162. The van der Waals surface area contributed by atoms with Gasteiger partial charge in [-0.05, 0) is 25.1 Å². The first kappa shape index (κ1) is 9.77. The summed E-state index contributed by atoms with van der Waals surface area (Å²) < 4.78 is 11.4. The van der Waals surface area contributed by atoms with Crippen molar-refractivity contribution in [2.75, 3.05) is 24.7 Å². The normalized spacial score (nSPS) is 39.9. The van der Waals surface area contributed by atoms with Gasteiger partial charge in [-0.3, -0.25) is 0 Å². The Morgan fingerprint density at radius 3 is 3.08 bits per heavy atom. The second kappa shape index (κ2) is 4.64. The Morgan fingerprint density at radius 2 is 2.38 bits per heavy atom. The molecule has 2 N–H and O–H groups in total. The van der Waals surface area contributed by atoms with Crippen LogP contribution in [0, 0.1) is 5.92 Å². The predicted octanol–water partition coefficient (Wildman–Crippen LogP) is 0.830. The summed E-state index contributed by atoms with van der Waals surface area (Å²) in [6.07, 6.45) is 2.48. The molecule has 2 fully saturated rings. The highest BCUT2D eigenvalue weighted by Crippen LogP contribution is 2.31. The highest BCUT2D eigenvalue weighted by molar-refractivity contribution is 7.99. The molecule has 13 heavy (non-hydrogen) atoms. The SMILES string of the molecule is NCCC1COC(C2CCSC2)O1. The Balaban J connectivity index is 1.76. The third-order valence-electron chi connectivity index (χ3n) is 2.61. The molecule has 0 bridgehead atoms. The van der Waals surface area contributed by atoms with E-state index in [4.69, 9.17) is 15.2 Å². The van der Waals surface area contributed by atoms with Crippen LogP contribution in [0.15, 0.2) is 0 Å². The fourth-order valence-corrected chi connectivity index (χ4v) is 3.08. The van der Waals surface area contributed by atoms with Crippen LogP contribution in [-0.4, -0.2) is 37.1 Å². The summed E-state index contributed by atoms with van der Waals surface area (Å²) in [5.41, 5.74) is 5.47. The molecule has 2 rings (SSSR count). The molecule has 3 nitrogen and oxygen atoms in total. The van der Waals surface area contributed by atoms with E-state index in [0.717, 1.165) is 13.0 Å². The lowest BCUT2D eigenvalue weighted by Gasteiger charge is -2.16. The number of thioether (sulfide) groups is 1. The Morgan fingerprint density at radius 1 is 1.46 bits per heavy atom. The molecule has 3 atom stereocenters. The van der Waals surface area contributed by atoms with Crippen LogP contribution < -0.4 is 5.73 Å². The van der Waals surface area contributed by atoms with Crippen molar-refractivity contribution in [1.82, 2.24) is 0 Å². The summed E-state index contributed by atoms with van der Waals surface area (Å²) >= 11 is 2.00. The molecule has 2 aliphatic heterocycles. The average molecular weight is 203 g/mol. The van der Waals surface area contributed by atoms with Crippen LogP contribution >= 0.6 is 11.8 Å². The van der Waals surface area contributed by atoms with Gasteiger partial charge in [0.1, 0.15) is 0 Å². The van der Waals surface area contributed by atoms with Gasteiger partial charge in [0, 0.05) is 11.7 Å². The lowest BCUT2D eigenvalue weighted by Crippen LogP contribution is -2.23. The van der Waals surface area contributed by atoms with Gasteiger partial charge in [0.2, 0.25) is 0 Å². The smallest absolute Gasteiger partial charge is 0.161 e. The summed E-state index contributed by atoms with van der Waals surface area (Å²) in [7, 11) is 0. The minimum atomic E-state index is 0.0616. The van der Waals surface area contributed by atoms with Gasteiger partial charge in [0.05, 0.1) is 12.7 Å². The topological polar surface area (TPSA) is 44.5 Å². The number of ether oxygens (including phenoxy) is 2. The van der Waals surface area contributed by atoms with Gasteiger partial charge < -0.3 is 15.2 Å². The maximum atomic E-state index is 5.77. The van der Waals surface area contributed by atoms with Crippen LogP contribution in [0.5, 0.6) is 0 Å². The summed E-state index contributed by atoms with van der Waals surface area (Å²) in [5.74, 6) is 3.07. The van der Waals surface area contributed by atoms with E-state index in [0.29, 0.717) is 12.5 Å². The fraction of sp³-hybridized carbons (Fsp3) is 1.00. The molecule has 4 heteroatoms. The van der Waals surface area contributed by atoms with Crippen LogP contribution in [0.25, 0.3) is 0 Å². The zero-order valence-electron chi connectivity index (χ0n) is 7.78. The van der Waals surface area contributed by atoms with Crippen LogP contribution in [-0.2, 0) is 9.47 Å². The van der Waals surface area contributed by atoms with Crippen molar-refractivity contribution in [1.29, 1.82) is 0 Å². The molecule has 76 valence electrons. The first-order valence-corrected chi connectivity index (χ1v) is 6.10. The third kappa shape index (κ3) is 2.37. The summed E-state index contributed by atoms with van der Waals surface area (Å²) in [6.45, 7) is 1.43. The van der Waals surface area contributed by atoms with E-state index in [-0.39, 0.29) is 12.4 Å². The second-order valence-corrected chi connectivity index (χ2v) is 4.81. The van der Waals surface area contributed by atoms with Gasteiger partial charge in [0.15, 0.2) is 6.29 Å². The second-order valence-electron chi connectivity index (χ2n) is 3.66. The van der Waals surface area contributed by atoms with E-state index < -0.39 is 0 Å². The molecule has 3 unspecified atom stereocenters. The number of hydrogen-bond donors (Lipinski definition) is 1. The maximum Gasteiger partial charge on any atom is 0.161 e. The minimum absolute atomic E-state index is 0.0616. The highest BCUT2D eigenvalue weighted by atomic mass is 32.2. The van der Waals surface area contributed by atoms with Gasteiger partial charge in [0.25, 0.3) is 0 Å². The summed E-state index contributed by atoms with van der Waals surface area (Å²) in [6, 6.07) is 0. The number of rotatable bonds is 3. The molecule has 2 saturated heterocycles. The molecule has 0 saturated carbocycles. The zero-order chi connectivity index (χ0) is 9.10. The Kier molecular flexibility index (Phi) is 3.49. The Hall–Kier alpha value is 0.230. The van der Waals surface area contributed by atoms with Crippen molar-refractivity contribution in [3.8, 4) is 0 Å². The molecule has 2 heterocycles. The van der Waals surface area contributed by atoms with E-state index in [9.17, 15) is 0 Å². The molecular formula is C9H17NO2S. The van der Waals surface area contributed by atoms with E-state index in [1.807, 2.05) is 11.8 Å². The van der Waals surface area contributed by atoms with Crippen molar-refractivity contribution >= 4 is 11.8 Å². The summed E-state index contributed by atoms with van der Waals surface area (Å²) in [5, 5.41) is 0. The van der Waals surface area contributed by atoms with Gasteiger partial charge in [-0.15, -0.1) is 0 Å². The molecule has 0 aliphatic carbocycles. The highest BCUT2D eigenvalue weighted by Gasteiger charge is 2.33. The maximum absolute atomic E-state index is 5.77. The van der Waals surface area contributed by atoms with E-state index in [1.54, 1.807) is 0 Å². The first-order valence-electron chi connectivity index (χ1n) is 4.95. The van der Waals surface area contributed by atoms with Gasteiger partial charge in [-0.1, -0.05) is 0 Å². The number of nitrogens with two attached hydrogens (primary N) is 1. The lowest BCUT2D eigenvalue weighted by molar-refractivity contribution is -0.0900. The molecule has 0 aromatic rings. The molecule has 0 amide bonds. The molecule has 0 aromatic heterocycles. The lowest BCUT2D eigenvalue weighted by atomic mass is 10.1. The molecule has 0 spiro atoms. The largest absolute Gasteiger partial charge is 0.350 e. The van der Waals surface area contributed by atoms with Gasteiger partial charge in [-0.2, -0.15) is 11.8 Å². The van der Waals surface area contributed by atoms with Gasteiger partial charge >= 0.3 is 0 Å². The van der Waals surface area contributed by atoms with Crippen molar-refractivity contribution in [2.45, 2.75) is 25.2 Å². The molecule has 0 radical (unpaired) electrons. The van der Waals surface area contributed by atoms with Crippen molar-refractivity contribution in [3.05, 3.63) is 0 Å². The van der Waals surface area contributed by atoms with E-state index in [1.165, 1.54) is 17.9 Å². The van der Waals surface area contributed by atoms with Crippen molar-refractivity contribution in [2.24, 2.45) is 11.7 Å². The third-order valence-corrected chi connectivity index (χ3v) is 3.80. The van der Waals surface area contributed by atoms with Crippen molar-refractivity contribution < 1.29 is 9.47 Å². The van der Waals surface area contributed by atoms with E-state index >= 15 is 0 Å². The van der Waals surface area contributed by atoms with Crippen LogP contribution in [0.2, 0.25) is 0 Å². The van der Waals surface area contributed by atoms with Crippen molar-refractivity contribution in [3.63, 3.8) is 0 Å². The number of hydrogen-bond acceptors (Lipinski definition) is 4. The van der Waals surface area contributed by atoms with Crippen LogP contribution in [0.1, 0.15) is 12.8 Å². The van der Waals surface area contributed by atoms with Crippen LogP contribution in [0.3, 0.4) is 0 Å². The quantitative estimate of drug-likeness (QED) is 0.738. The predicted molar refractivity (Wildman–Crippen MR) is 53.7 cm³/mol. The molecule has 0 aromatic carbocycles. The van der Waals surface area contributed by atoms with Crippen LogP contribution in [0.4, 0.5) is 0 Å². The average Bonchev–Trinajstić information content (AvgIpc) is 2.70.